The lowest BCUT2D eigenvalue weighted by atomic mass is 10.3. The number of halogens is 1. The molecule has 1 atom stereocenters. The second kappa shape index (κ2) is 6.29. The van der Waals surface area contributed by atoms with Gasteiger partial charge in [-0.05, 0) is 31.2 Å². The largest absolute Gasteiger partial charge is 0.325 e. The highest BCUT2D eigenvalue weighted by molar-refractivity contribution is 8.00. The lowest BCUT2D eigenvalue weighted by Crippen LogP contribution is -2.23. The maximum Gasteiger partial charge on any atom is 0.270 e. The van der Waals surface area contributed by atoms with E-state index in [1.54, 1.807) is 6.92 Å². The van der Waals surface area contributed by atoms with Crippen molar-refractivity contribution < 1.29 is 9.18 Å². The first-order valence-corrected chi connectivity index (χ1v) is 6.57. The number of aromatic nitrogens is 3. The molecule has 0 fully saturated rings. The number of benzene rings is 1. The Morgan fingerprint density at radius 1 is 1.40 bits per heavy atom. The van der Waals surface area contributed by atoms with Gasteiger partial charge in [-0.25, -0.2) is 4.39 Å². The van der Waals surface area contributed by atoms with Gasteiger partial charge in [-0.3, -0.25) is 14.6 Å². The summed E-state index contributed by atoms with van der Waals surface area (Å²) in [6, 6.07) is 5.45. The molecule has 0 saturated carbocycles. The van der Waals surface area contributed by atoms with Crippen LogP contribution in [0.3, 0.4) is 0 Å². The van der Waals surface area contributed by atoms with Crippen LogP contribution in [0.25, 0.3) is 0 Å². The molecule has 1 heterocycles. The van der Waals surface area contributed by atoms with Crippen LogP contribution >= 0.6 is 11.8 Å². The van der Waals surface area contributed by atoms with Crippen LogP contribution in [-0.2, 0) is 4.79 Å². The molecular weight excluding hydrogens is 283 g/mol. The molecule has 6 nitrogen and oxygen atoms in total. The van der Waals surface area contributed by atoms with E-state index in [9.17, 15) is 14.0 Å². The van der Waals surface area contributed by atoms with Crippen LogP contribution in [0.4, 0.5) is 10.1 Å². The molecule has 2 N–H and O–H groups in total. The second-order valence-corrected chi connectivity index (χ2v) is 5.22. The fourth-order valence-electron chi connectivity index (χ4n) is 1.35. The Morgan fingerprint density at radius 3 is 2.75 bits per heavy atom. The van der Waals surface area contributed by atoms with E-state index in [0.29, 0.717) is 5.69 Å². The number of rotatable bonds is 4. The van der Waals surface area contributed by atoms with Gasteiger partial charge in [-0.15, -0.1) is 5.10 Å². The zero-order chi connectivity index (χ0) is 14.5. The van der Waals surface area contributed by atoms with Crippen LogP contribution in [0.15, 0.2) is 40.4 Å². The van der Waals surface area contributed by atoms with Crippen molar-refractivity contribution in [3.63, 3.8) is 0 Å². The summed E-state index contributed by atoms with van der Waals surface area (Å²) in [4.78, 5) is 25.4. The molecule has 0 aliphatic rings. The summed E-state index contributed by atoms with van der Waals surface area (Å²) in [5.74, 6) is -0.657. The van der Waals surface area contributed by atoms with Gasteiger partial charge >= 0.3 is 0 Å². The molecule has 2 rings (SSSR count). The highest BCUT2D eigenvalue weighted by Crippen LogP contribution is 2.19. The summed E-state index contributed by atoms with van der Waals surface area (Å²) < 4.78 is 12.7. The van der Waals surface area contributed by atoms with E-state index < -0.39 is 5.25 Å². The highest BCUT2D eigenvalue weighted by Gasteiger charge is 2.16. The number of hydrogen-bond donors (Lipinski definition) is 2. The molecular formula is C12H11FN4O2S. The van der Waals surface area contributed by atoms with Gasteiger partial charge in [0.1, 0.15) is 12.0 Å². The number of carbonyl (C=O) groups is 1. The number of nitrogens with one attached hydrogen (secondary N) is 2. The van der Waals surface area contributed by atoms with Crippen molar-refractivity contribution in [2.24, 2.45) is 0 Å². The van der Waals surface area contributed by atoms with Crippen LogP contribution in [0.2, 0.25) is 0 Å². The number of nitrogens with zero attached hydrogens (tertiary/aromatic N) is 2. The average Bonchev–Trinajstić information content (AvgIpc) is 2.41. The molecule has 0 bridgehead atoms. The quantitative estimate of drug-likeness (QED) is 0.833. The van der Waals surface area contributed by atoms with Gasteiger partial charge in [0.2, 0.25) is 5.91 Å². The van der Waals surface area contributed by atoms with Crippen molar-refractivity contribution in [2.75, 3.05) is 5.32 Å². The molecule has 1 aromatic heterocycles. The standard InChI is InChI=1S/C12H11FN4O2S/c1-7(20-12-16-10(18)6-14-17-12)11(19)15-9-4-2-8(13)3-5-9/h2-7H,1H3,(H,15,19)(H,16,17,18)/t7-/m0/s1. The minimum absolute atomic E-state index is 0.263. The summed E-state index contributed by atoms with van der Waals surface area (Å²) in [6.45, 7) is 1.66. The summed E-state index contributed by atoms with van der Waals surface area (Å²) >= 11 is 1.07. The van der Waals surface area contributed by atoms with Gasteiger partial charge in [0.15, 0.2) is 5.16 Å². The SMILES string of the molecule is C[C@H](Sc1nncc(=O)[nH]1)C(=O)Nc1ccc(F)cc1. The molecule has 0 unspecified atom stereocenters. The topological polar surface area (TPSA) is 87.7 Å². The Labute approximate surface area is 117 Å². The highest BCUT2D eigenvalue weighted by atomic mass is 32.2. The third kappa shape index (κ3) is 3.89. The van der Waals surface area contributed by atoms with E-state index >= 15 is 0 Å². The smallest absolute Gasteiger partial charge is 0.270 e. The monoisotopic (exact) mass is 294 g/mol. The first-order chi connectivity index (χ1) is 9.54. The van der Waals surface area contributed by atoms with Gasteiger partial charge in [0.05, 0.1) is 5.25 Å². The number of thioether (sulfide) groups is 1. The summed E-state index contributed by atoms with van der Waals surface area (Å²) in [6.07, 6.45) is 1.05. The predicted molar refractivity (Wildman–Crippen MR) is 73.0 cm³/mol. The molecule has 104 valence electrons. The molecule has 0 spiro atoms. The van der Waals surface area contributed by atoms with E-state index in [1.807, 2.05) is 0 Å². The molecule has 1 aromatic carbocycles. The van der Waals surface area contributed by atoms with Crippen molar-refractivity contribution in [1.29, 1.82) is 0 Å². The van der Waals surface area contributed by atoms with E-state index in [0.717, 1.165) is 18.0 Å². The van der Waals surface area contributed by atoms with Gasteiger partial charge < -0.3 is 5.32 Å². The Kier molecular flexibility index (Phi) is 4.46. The van der Waals surface area contributed by atoms with Crippen LogP contribution in [0, 0.1) is 5.82 Å². The molecule has 1 amide bonds. The average molecular weight is 294 g/mol. The molecule has 0 saturated heterocycles. The third-order valence-electron chi connectivity index (χ3n) is 2.32. The maximum atomic E-state index is 12.7. The number of hydrogen-bond acceptors (Lipinski definition) is 5. The lowest BCUT2D eigenvalue weighted by molar-refractivity contribution is -0.115. The van der Waals surface area contributed by atoms with Crippen LogP contribution in [-0.4, -0.2) is 26.3 Å². The second-order valence-electron chi connectivity index (χ2n) is 3.90. The molecule has 8 heteroatoms. The zero-order valence-electron chi connectivity index (χ0n) is 10.5. The van der Waals surface area contributed by atoms with Crippen molar-refractivity contribution in [3.05, 3.63) is 46.6 Å². The van der Waals surface area contributed by atoms with Crippen molar-refractivity contribution in [1.82, 2.24) is 15.2 Å². The predicted octanol–water partition coefficient (Wildman–Crippen LogP) is 1.42. The number of H-pyrrole nitrogens is 1. The number of amides is 1. The number of carbonyl (C=O) groups excluding carboxylic acids is 1. The first-order valence-electron chi connectivity index (χ1n) is 5.69. The van der Waals surface area contributed by atoms with Crippen molar-refractivity contribution >= 4 is 23.4 Å². The zero-order valence-corrected chi connectivity index (χ0v) is 11.3. The van der Waals surface area contributed by atoms with E-state index in [1.165, 1.54) is 24.3 Å². The van der Waals surface area contributed by atoms with Gasteiger partial charge in [0.25, 0.3) is 5.56 Å². The fourth-order valence-corrected chi connectivity index (χ4v) is 2.10. The fraction of sp³-hybridized carbons (Fsp3) is 0.167. The van der Waals surface area contributed by atoms with Crippen LogP contribution < -0.4 is 10.9 Å². The lowest BCUT2D eigenvalue weighted by Gasteiger charge is -2.10. The third-order valence-corrected chi connectivity index (χ3v) is 3.30. The molecule has 0 radical (unpaired) electrons. The Bertz CT molecular complexity index is 659. The molecule has 20 heavy (non-hydrogen) atoms. The van der Waals surface area contributed by atoms with E-state index in [4.69, 9.17) is 0 Å². The molecule has 2 aromatic rings. The Morgan fingerprint density at radius 2 is 2.10 bits per heavy atom. The molecule has 0 aliphatic heterocycles. The minimum atomic E-state index is -0.493. The number of anilines is 1. The first kappa shape index (κ1) is 14.2. The Balaban J connectivity index is 1.98. The maximum absolute atomic E-state index is 12.7. The van der Waals surface area contributed by atoms with Crippen LogP contribution in [0.1, 0.15) is 6.92 Å². The van der Waals surface area contributed by atoms with Crippen molar-refractivity contribution in [2.45, 2.75) is 17.3 Å². The van der Waals surface area contributed by atoms with E-state index in [-0.39, 0.29) is 22.4 Å². The normalized spacial score (nSPS) is 11.9. The van der Waals surface area contributed by atoms with Crippen LogP contribution in [0.5, 0.6) is 0 Å². The van der Waals surface area contributed by atoms with Gasteiger partial charge in [-0.1, -0.05) is 11.8 Å². The van der Waals surface area contributed by atoms with Crippen molar-refractivity contribution in [3.8, 4) is 0 Å². The summed E-state index contributed by atoms with van der Waals surface area (Å²) in [5, 5.41) is 9.62. The Hall–Kier alpha value is -2.22. The van der Waals surface area contributed by atoms with Gasteiger partial charge in [-0.2, -0.15) is 5.10 Å². The minimum Gasteiger partial charge on any atom is -0.325 e. The van der Waals surface area contributed by atoms with Gasteiger partial charge in [0, 0.05) is 5.69 Å². The van der Waals surface area contributed by atoms with E-state index in [2.05, 4.69) is 20.5 Å². The molecule has 0 aliphatic carbocycles. The number of aromatic amines is 1. The summed E-state index contributed by atoms with van der Waals surface area (Å²) in [5.41, 5.74) is 0.116. The summed E-state index contributed by atoms with van der Waals surface area (Å²) in [7, 11) is 0.